The maximum absolute atomic E-state index is 11.0. The molecule has 2 rings (SSSR count). The summed E-state index contributed by atoms with van der Waals surface area (Å²) in [4.78, 5) is 3.22. The molecule has 18 heavy (non-hydrogen) atoms. The summed E-state index contributed by atoms with van der Waals surface area (Å²) in [6.45, 7) is 0.952. The molecule has 0 aliphatic heterocycles. The van der Waals surface area contributed by atoms with E-state index in [2.05, 4.69) is 10.3 Å². The number of H-pyrrole nitrogens is 1. The molecule has 0 saturated carbocycles. The molecule has 0 aliphatic carbocycles. The SMILES string of the molecule is CS(=O)(=O)CCNCc1[nH]c2ccccc2c1Cl. The Balaban J connectivity index is 2.02. The van der Waals surface area contributed by atoms with Gasteiger partial charge in [-0.2, -0.15) is 0 Å². The first kappa shape index (κ1) is 13.4. The molecule has 0 amide bonds. The molecular weight excluding hydrogens is 272 g/mol. The summed E-state index contributed by atoms with van der Waals surface area (Å²) in [7, 11) is -2.92. The van der Waals surface area contributed by atoms with E-state index in [1.165, 1.54) is 6.26 Å². The third-order valence-corrected chi connectivity index (χ3v) is 4.04. The number of hydrogen-bond donors (Lipinski definition) is 2. The predicted octanol–water partition coefficient (Wildman–Crippen LogP) is 1.96. The Morgan fingerprint density at radius 2 is 2.06 bits per heavy atom. The first-order valence-corrected chi connectivity index (χ1v) is 8.05. The third-order valence-electron chi connectivity index (χ3n) is 2.67. The van der Waals surface area contributed by atoms with Crippen LogP contribution in [0.2, 0.25) is 5.02 Å². The summed E-state index contributed by atoms with van der Waals surface area (Å²) in [6.07, 6.45) is 1.23. The van der Waals surface area contributed by atoms with Gasteiger partial charge in [-0.05, 0) is 6.07 Å². The Hall–Kier alpha value is -1.04. The van der Waals surface area contributed by atoms with E-state index < -0.39 is 9.84 Å². The smallest absolute Gasteiger partial charge is 0.148 e. The summed E-state index contributed by atoms with van der Waals surface area (Å²) < 4.78 is 22.0. The fraction of sp³-hybridized carbons (Fsp3) is 0.333. The van der Waals surface area contributed by atoms with Gasteiger partial charge in [-0.25, -0.2) is 8.42 Å². The molecule has 98 valence electrons. The lowest BCUT2D eigenvalue weighted by Gasteiger charge is -2.02. The van der Waals surface area contributed by atoms with Crippen LogP contribution in [0.4, 0.5) is 0 Å². The minimum absolute atomic E-state index is 0.130. The van der Waals surface area contributed by atoms with E-state index in [1.54, 1.807) is 0 Å². The van der Waals surface area contributed by atoms with Crippen LogP contribution in [0.15, 0.2) is 24.3 Å². The topological polar surface area (TPSA) is 62.0 Å². The van der Waals surface area contributed by atoms with Crippen LogP contribution in [-0.4, -0.2) is 32.0 Å². The van der Waals surface area contributed by atoms with E-state index in [0.717, 1.165) is 16.6 Å². The highest BCUT2D eigenvalue weighted by Gasteiger charge is 2.08. The summed E-state index contributed by atoms with van der Waals surface area (Å²) >= 11 is 6.24. The number of halogens is 1. The molecule has 2 N–H and O–H groups in total. The molecule has 4 nitrogen and oxygen atoms in total. The Kier molecular flexibility index (Phi) is 3.94. The van der Waals surface area contributed by atoms with Gasteiger partial charge < -0.3 is 10.3 Å². The fourth-order valence-corrected chi connectivity index (χ4v) is 2.55. The van der Waals surface area contributed by atoms with Crippen molar-refractivity contribution in [3.63, 3.8) is 0 Å². The second-order valence-corrected chi connectivity index (χ2v) is 6.91. The van der Waals surface area contributed by atoms with Gasteiger partial charge in [0.2, 0.25) is 0 Å². The van der Waals surface area contributed by atoms with E-state index in [-0.39, 0.29) is 5.75 Å². The van der Waals surface area contributed by atoms with Crippen molar-refractivity contribution >= 4 is 32.3 Å². The summed E-state index contributed by atoms with van der Waals surface area (Å²) in [6, 6.07) is 7.79. The lowest BCUT2D eigenvalue weighted by Crippen LogP contribution is -2.22. The number of aromatic nitrogens is 1. The molecule has 0 unspecified atom stereocenters. The van der Waals surface area contributed by atoms with Gasteiger partial charge >= 0.3 is 0 Å². The molecule has 0 fully saturated rings. The second kappa shape index (κ2) is 5.30. The number of benzene rings is 1. The van der Waals surface area contributed by atoms with Crippen LogP contribution >= 0.6 is 11.6 Å². The largest absolute Gasteiger partial charge is 0.356 e. The molecule has 1 aromatic heterocycles. The number of rotatable bonds is 5. The molecule has 2 aromatic rings. The zero-order valence-corrected chi connectivity index (χ0v) is 11.6. The molecule has 0 spiro atoms. The van der Waals surface area contributed by atoms with Gasteiger partial charge in [0, 0.05) is 35.9 Å². The van der Waals surface area contributed by atoms with Gasteiger partial charge in [0.15, 0.2) is 0 Å². The summed E-state index contributed by atoms with van der Waals surface area (Å²) in [5.41, 5.74) is 1.87. The normalized spacial score (nSPS) is 12.1. The molecule has 0 saturated heterocycles. The van der Waals surface area contributed by atoms with Gasteiger partial charge in [0.05, 0.1) is 10.8 Å². The zero-order valence-electron chi connectivity index (χ0n) is 10.0. The lowest BCUT2D eigenvalue weighted by atomic mass is 10.2. The van der Waals surface area contributed by atoms with Crippen molar-refractivity contribution < 1.29 is 8.42 Å². The third kappa shape index (κ3) is 3.25. The molecule has 6 heteroatoms. The average molecular weight is 287 g/mol. The first-order chi connectivity index (χ1) is 8.47. The first-order valence-electron chi connectivity index (χ1n) is 5.61. The minimum atomic E-state index is -2.92. The van der Waals surface area contributed by atoms with Crippen molar-refractivity contribution in [2.24, 2.45) is 0 Å². The molecule has 0 radical (unpaired) electrons. The number of nitrogens with one attached hydrogen (secondary N) is 2. The van der Waals surface area contributed by atoms with E-state index in [1.807, 2.05) is 24.3 Å². The van der Waals surface area contributed by atoms with Crippen LogP contribution in [-0.2, 0) is 16.4 Å². The second-order valence-electron chi connectivity index (χ2n) is 4.27. The standard InChI is InChI=1S/C12H15ClN2O2S/c1-18(16,17)7-6-14-8-11-12(13)9-4-2-3-5-10(9)15-11/h2-5,14-15H,6-8H2,1H3. The molecule has 1 heterocycles. The Morgan fingerprint density at radius 1 is 1.33 bits per heavy atom. The van der Waals surface area contributed by atoms with Crippen LogP contribution in [0.1, 0.15) is 5.69 Å². The Labute approximate surface area is 111 Å². The molecular formula is C12H15ClN2O2S. The highest BCUT2D eigenvalue weighted by atomic mass is 35.5. The Bertz CT molecular complexity index is 649. The van der Waals surface area contributed by atoms with Crippen LogP contribution in [0, 0.1) is 0 Å². The zero-order chi connectivity index (χ0) is 13.2. The lowest BCUT2D eigenvalue weighted by molar-refractivity contribution is 0.596. The quantitative estimate of drug-likeness (QED) is 0.826. The maximum atomic E-state index is 11.0. The van der Waals surface area contributed by atoms with Gasteiger partial charge in [0.1, 0.15) is 9.84 Å². The number of sulfone groups is 1. The predicted molar refractivity (Wildman–Crippen MR) is 74.7 cm³/mol. The Morgan fingerprint density at radius 3 is 2.72 bits per heavy atom. The highest BCUT2D eigenvalue weighted by molar-refractivity contribution is 7.90. The highest BCUT2D eigenvalue weighted by Crippen LogP contribution is 2.26. The number of aromatic amines is 1. The van der Waals surface area contributed by atoms with Crippen molar-refractivity contribution in [3.8, 4) is 0 Å². The minimum Gasteiger partial charge on any atom is -0.356 e. The average Bonchev–Trinajstić information content (AvgIpc) is 2.62. The van der Waals surface area contributed by atoms with Crippen LogP contribution in [0.25, 0.3) is 10.9 Å². The van der Waals surface area contributed by atoms with Crippen molar-refractivity contribution in [1.82, 2.24) is 10.3 Å². The van der Waals surface area contributed by atoms with Crippen LogP contribution in [0.5, 0.6) is 0 Å². The number of hydrogen-bond acceptors (Lipinski definition) is 3. The van der Waals surface area contributed by atoms with Gasteiger partial charge in [0.25, 0.3) is 0 Å². The maximum Gasteiger partial charge on any atom is 0.148 e. The summed E-state index contributed by atoms with van der Waals surface area (Å²) in [5.74, 6) is 0.130. The van der Waals surface area contributed by atoms with Crippen molar-refractivity contribution in [3.05, 3.63) is 35.0 Å². The van der Waals surface area contributed by atoms with Crippen LogP contribution in [0.3, 0.4) is 0 Å². The van der Waals surface area contributed by atoms with Gasteiger partial charge in [-0.15, -0.1) is 0 Å². The van der Waals surface area contributed by atoms with E-state index >= 15 is 0 Å². The monoisotopic (exact) mass is 286 g/mol. The van der Waals surface area contributed by atoms with Crippen LogP contribution < -0.4 is 5.32 Å². The van der Waals surface area contributed by atoms with Gasteiger partial charge in [-0.3, -0.25) is 0 Å². The fourth-order valence-electron chi connectivity index (χ4n) is 1.76. The molecule has 0 bridgehead atoms. The number of para-hydroxylation sites is 1. The van der Waals surface area contributed by atoms with E-state index in [9.17, 15) is 8.42 Å². The van der Waals surface area contributed by atoms with Crippen molar-refractivity contribution in [1.29, 1.82) is 0 Å². The van der Waals surface area contributed by atoms with E-state index in [4.69, 9.17) is 11.6 Å². The summed E-state index contributed by atoms with van der Waals surface area (Å²) in [5, 5.41) is 4.74. The molecule has 1 aromatic carbocycles. The van der Waals surface area contributed by atoms with Crippen molar-refractivity contribution in [2.45, 2.75) is 6.54 Å². The van der Waals surface area contributed by atoms with E-state index in [0.29, 0.717) is 18.1 Å². The van der Waals surface area contributed by atoms with Crippen molar-refractivity contribution in [2.75, 3.05) is 18.6 Å². The van der Waals surface area contributed by atoms with Gasteiger partial charge in [-0.1, -0.05) is 29.8 Å². The molecule has 0 atom stereocenters. The molecule has 0 aliphatic rings. The number of fused-ring (bicyclic) bond motifs is 1.